The van der Waals surface area contributed by atoms with E-state index in [4.69, 9.17) is 43.8 Å². The van der Waals surface area contributed by atoms with E-state index in [0.29, 0.717) is 65.8 Å². The number of aliphatic hydroxyl groups excluding tert-OH is 2. The van der Waals surface area contributed by atoms with Crippen LogP contribution in [0.5, 0.6) is 0 Å². The van der Waals surface area contributed by atoms with Gasteiger partial charge in [-0.25, -0.2) is 0 Å². The molecule has 5 heterocycles. The van der Waals surface area contributed by atoms with Crippen LogP contribution in [-0.4, -0.2) is 30.5 Å². The lowest BCUT2D eigenvalue weighted by molar-refractivity contribution is 0.220. The first-order chi connectivity index (χ1) is 25.8. The second-order valence-electron chi connectivity index (χ2n) is 11.5. The monoisotopic (exact) mass is 842 g/mol. The maximum atomic E-state index is 11.1. The van der Waals surface area contributed by atoms with Crippen LogP contribution < -0.4 is 0 Å². The van der Waals surface area contributed by atoms with Gasteiger partial charge >= 0.3 is 0 Å². The third kappa shape index (κ3) is 8.14. The quantitative estimate of drug-likeness (QED) is 0.155. The molecule has 0 amide bonds. The van der Waals surface area contributed by atoms with Crippen molar-refractivity contribution in [2.45, 2.75) is 12.2 Å². The highest BCUT2D eigenvalue weighted by molar-refractivity contribution is 9.11. The van der Waals surface area contributed by atoms with E-state index in [0.717, 1.165) is 19.8 Å². The van der Waals surface area contributed by atoms with Gasteiger partial charge in [-0.15, -0.1) is 11.3 Å². The van der Waals surface area contributed by atoms with Crippen molar-refractivity contribution in [1.82, 2.24) is 20.3 Å². The van der Waals surface area contributed by atoms with E-state index in [1.54, 1.807) is 73.3 Å². The number of hydrogen-bond acceptors (Lipinski definition) is 9. The molecule has 0 spiro atoms. The first kappa shape index (κ1) is 36.7. The molecule has 8 rings (SSSR count). The molecule has 2 unspecified atom stereocenters. The Labute approximate surface area is 331 Å². The number of benzene rings is 3. The first-order valence-electron chi connectivity index (χ1n) is 16.0. The summed E-state index contributed by atoms with van der Waals surface area (Å²) >= 11 is 23.5. The molecule has 3 aromatic carbocycles. The summed E-state index contributed by atoms with van der Waals surface area (Å²) in [6.07, 6.45) is 4.65. The zero-order chi connectivity index (χ0) is 36.9. The minimum absolute atomic E-state index is 0.456. The molecule has 0 fully saturated rings. The third-order valence-electron chi connectivity index (χ3n) is 8.13. The lowest BCUT2D eigenvalue weighted by atomic mass is 9.95. The van der Waals surface area contributed by atoms with Gasteiger partial charge < -0.3 is 19.3 Å². The van der Waals surface area contributed by atoms with Crippen LogP contribution in [0.1, 0.15) is 34.5 Å². The maximum absolute atomic E-state index is 11.1. The molecule has 0 saturated carbocycles. The third-order valence-corrected chi connectivity index (χ3v) is 10.6. The van der Waals surface area contributed by atoms with Gasteiger partial charge in [0.1, 0.15) is 23.6 Å². The van der Waals surface area contributed by atoms with E-state index in [1.807, 2.05) is 60.7 Å². The summed E-state index contributed by atoms with van der Waals surface area (Å²) in [5, 5.41) is 32.3. The molecule has 0 aliphatic carbocycles. The number of halogens is 4. The van der Waals surface area contributed by atoms with E-state index < -0.39 is 12.2 Å². The molecule has 0 radical (unpaired) electrons. The highest BCUT2D eigenvalue weighted by atomic mass is 79.9. The van der Waals surface area contributed by atoms with Crippen molar-refractivity contribution in [2.75, 3.05) is 0 Å². The van der Waals surface area contributed by atoms with Crippen LogP contribution in [0.2, 0.25) is 15.1 Å². The van der Waals surface area contributed by atoms with Gasteiger partial charge in [0.25, 0.3) is 0 Å². The number of rotatable bonds is 8. The lowest BCUT2D eigenvalue weighted by Crippen LogP contribution is -2.02. The lowest BCUT2D eigenvalue weighted by Gasteiger charge is -2.13. The summed E-state index contributed by atoms with van der Waals surface area (Å²) in [6, 6.07) is 32.8. The van der Waals surface area contributed by atoms with Crippen molar-refractivity contribution in [2.24, 2.45) is 0 Å². The minimum atomic E-state index is -0.984. The molecular weight excluding hydrogens is 819 g/mol. The van der Waals surface area contributed by atoms with Crippen LogP contribution >= 0.6 is 62.1 Å². The van der Waals surface area contributed by atoms with Gasteiger partial charge in [-0.05, 0) is 82.7 Å². The van der Waals surface area contributed by atoms with Crippen molar-refractivity contribution in [3.8, 4) is 44.5 Å². The fourth-order valence-electron chi connectivity index (χ4n) is 5.62. The van der Waals surface area contributed by atoms with Crippen molar-refractivity contribution in [3.63, 3.8) is 0 Å². The van der Waals surface area contributed by atoms with E-state index in [-0.39, 0.29) is 0 Å². The zero-order valence-corrected chi connectivity index (χ0v) is 31.9. The molecule has 53 heavy (non-hydrogen) atoms. The largest absolute Gasteiger partial charge is 0.383 e. The van der Waals surface area contributed by atoms with E-state index in [2.05, 4.69) is 36.2 Å². The zero-order valence-electron chi connectivity index (χ0n) is 27.3. The van der Waals surface area contributed by atoms with Crippen molar-refractivity contribution >= 4 is 62.1 Å². The SMILES string of the molecule is OC(c1cccnc1)c1c(-c2ccc(Br)s2)noc1-c1cccc(Cl)c1.OC(c1cccnc1)c1c(-c2ccccc2Cl)noc1-c1ccc(Cl)cc1. The van der Waals surface area contributed by atoms with Crippen LogP contribution in [0, 0.1) is 0 Å². The molecule has 0 bridgehead atoms. The Kier molecular flexibility index (Phi) is 11.5. The average molecular weight is 845 g/mol. The van der Waals surface area contributed by atoms with Gasteiger partial charge in [-0.1, -0.05) is 87.6 Å². The smallest absolute Gasteiger partial charge is 0.173 e. The molecule has 264 valence electrons. The molecule has 2 N–H and O–H groups in total. The standard InChI is InChI=1S/C21H14Cl2N2O2.C19H12BrClN2O2S/c22-15-9-7-13(8-10-15)21-18(20(26)14-4-3-11-24-12-14)19(25-27-21)16-5-1-2-6-17(16)23;20-15-7-6-14(26-15)17-16(18(24)12-4-2-8-22-10-12)19(25-23-17)11-3-1-5-13(21)9-11/h1-12,20,26H;1-10,18,24H. The van der Waals surface area contributed by atoms with E-state index in [9.17, 15) is 10.2 Å². The highest BCUT2D eigenvalue weighted by Crippen LogP contribution is 2.43. The number of nitrogens with zero attached hydrogens (tertiary/aromatic N) is 4. The molecule has 13 heteroatoms. The van der Waals surface area contributed by atoms with Gasteiger partial charge in [0, 0.05) is 62.6 Å². The second-order valence-corrected chi connectivity index (χ2v) is 15.3. The Morgan fingerprint density at radius 1 is 0.604 bits per heavy atom. The minimum Gasteiger partial charge on any atom is -0.383 e. The fraction of sp³-hybridized carbons (Fsp3) is 0.0500. The Hall–Kier alpha value is -4.65. The maximum Gasteiger partial charge on any atom is 0.173 e. The number of aromatic nitrogens is 4. The normalized spacial score (nSPS) is 12.2. The van der Waals surface area contributed by atoms with Crippen molar-refractivity contribution < 1.29 is 19.3 Å². The number of pyridine rings is 2. The van der Waals surface area contributed by atoms with Crippen LogP contribution in [0.25, 0.3) is 44.5 Å². The van der Waals surface area contributed by atoms with Crippen molar-refractivity contribution in [3.05, 3.63) is 175 Å². The number of thiophene rings is 1. The van der Waals surface area contributed by atoms with Crippen LogP contribution in [0.4, 0.5) is 0 Å². The summed E-state index contributed by atoms with van der Waals surface area (Å²) in [7, 11) is 0. The number of hydrogen-bond donors (Lipinski definition) is 2. The fourth-order valence-corrected chi connectivity index (χ4v) is 7.55. The van der Waals surface area contributed by atoms with Crippen LogP contribution in [0.15, 0.2) is 147 Å². The summed E-state index contributed by atoms with van der Waals surface area (Å²) in [6.45, 7) is 0. The molecule has 0 aliphatic heterocycles. The molecule has 8 aromatic rings. The topological polar surface area (TPSA) is 118 Å². The Bertz CT molecular complexity index is 2460. The molecule has 5 aromatic heterocycles. The summed E-state index contributed by atoms with van der Waals surface area (Å²) in [5.41, 5.74) is 5.69. The van der Waals surface area contributed by atoms with Crippen LogP contribution in [0.3, 0.4) is 0 Å². The predicted octanol–water partition coefficient (Wildman–Crippen LogP) is 11.8. The van der Waals surface area contributed by atoms with Crippen LogP contribution in [-0.2, 0) is 0 Å². The molecule has 0 aliphatic rings. The van der Waals surface area contributed by atoms with Crippen molar-refractivity contribution in [1.29, 1.82) is 0 Å². The van der Waals surface area contributed by atoms with Gasteiger partial charge in [0.05, 0.1) is 24.8 Å². The number of aliphatic hydroxyl groups is 2. The molecular formula is C40H26BrCl3N4O4S. The summed E-state index contributed by atoms with van der Waals surface area (Å²) in [4.78, 5) is 9.09. The Balaban J connectivity index is 0.000000164. The molecule has 2 atom stereocenters. The second kappa shape index (κ2) is 16.6. The van der Waals surface area contributed by atoms with Gasteiger partial charge in [-0.3, -0.25) is 9.97 Å². The molecule has 8 nitrogen and oxygen atoms in total. The van der Waals surface area contributed by atoms with E-state index in [1.165, 1.54) is 11.3 Å². The highest BCUT2D eigenvalue weighted by Gasteiger charge is 2.29. The Morgan fingerprint density at radius 3 is 1.81 bits per heavy atom. The summed E-state index contributed by atoms with van der Waals surface area (Å²) in [5.74, 6) is 0.946. The average Bonchev–Trinajstić information content (AvgIpc) is 3.94. The summed E-state index contributed by atoms with van der Waals surface area (Å²) < 4.78 is 12.3. The predicted molar refractivity (Wildman–Crippen MR) is 212 cm³/mol. The molecule has 0 saturated heterocycles. The van der Waals surface area contributed by atoms with Gasteiger partial charge in [0.2, 0.25) is 0 Å². The Morgan fingerprint density at radius 2 is 1.23 bits per heavy atom. The van der Waals surface area contributed by atoms with Gasteiger partial charge in [0.15, 0.2) is 11.5 Å². The van der Waals surface area contributed by atoms with E-state index >= 15 is 0 Å². The first-order valence-corrected chi connectivity index (χ1v) is 18.7. The van der Waals surface area contributed by atoms with Gasteiger partial charge in [-0.2, -0.15) is 0 Å².